The average molecular weight is 510 g/mol. The van der Waals surface area contributed by atoms with Crippen molar-refractivity contribution in [3.8, 4) is 0 Å². The third-order valence-electron chi connectivity index (χ3n) is 8.05. The molecule has 0 spiro atoms. The summed E-state index contributed by atoms with van der Waals surface area (Å²) in [5, 5.41) is -0.408. The molecule has 1 unspecified atom stereocenters. The zero-order chi connectivity index (χ0) is 25.7. The minimum absolute atomic E-state index is 0.0106. The first-order valence-corrected chi connectivity index (χ1v) is 14.2. The number of amides is 1. The quantitative estimate of drug-likeness (QED) is 0.571. The van der Waals surface area contributed by atoms with Crippen LogP contribution < -0.4 is 0 Å². The maximum atomic E-state index is 13.2. The molecule has 1 aromatic carbocycles. The van der Waals surface area contributed by atoms with Gasteiger partial charge in [-0.25, -0.2) is 18.4 Å². The van der Waals surface area contributed by atoms with E-state index in [4.69, 9.17) is 0 Å². The number of fused-ring (bicyclic) bond motifs is 1. The Morgan fingerprint density at radius 3 is 2.36 bits per heavy atom. The summed E-state index contributed by atoms with van der Waals surface area (Å²) in [5.41, 5.74) is 4.40. The summed E-state index contributed by atoms with van der Waals surface area (Å²) in [4.78, 5) is 25.9. The molecule has 2 saturated heterocycles. The van der Waals surface area contributed by atoms with Gasteiger partial charge in [-0.1, -0.05) is 30.3 Å². The number of nitrogens with zero attached hydrogens (tertiary/aromatic N) is 5. The van der Waals surface area contributed by atoms with E-state index in [0.717, 1.165) is 30.9 Å². The van der Waals surface area contributed by atoms with Crippen molar-refractivity contribution in [1.29, 1.82) is 0 Å². The summed E-state index contributed by atoms with van der Waals surface area (Å²) < 4.78 is 27.1. The standard InChI is InChI=1S/C27H35N5O3S/c1-19(2)36(34,35)32-16-27(17-32,24-8-6-5-7-9-24)10-11-30-12-22-14-31(15-23(22)13-30)26(33)25-20(3)28-18-29-21(25)4/h5-9,12,18-19,23H,10-11,13-17H2,1-4H3. The molecule has 0 radical (unpaired) electrons. The van der Waals surface area contributed by atoms with Crippen LogP contribution in [0.15, 0.2) is 48.4 Å². The van der Waals surface area contributed by atoms with Crippen molar-refractivity contribution >= 4 is 15.9 Å². The lowest BCUT2D eigenvalue weighted by Gasteiger charge is -2.50. The Morgan fingerprint density at radius 1 is 1.08 bits per heavy atom. The van der Waals surface area contributed by atoms with Gasteiger partial charge in [-0.15, -0.1) is 0 Å². The van der Waals surface area contributed by atoms with Gasteiger partial charge in [0.2, 0.25) is 10.0 Å². The number of hydrogen-bond acceptors (Lipinski definition) is 6. The van der Waals surface area contributed by atoms with Crippen LogP contribution >= 0.6 is 0 Å². The highest BCUT2D eigenvalue weighted by atomic mass is 32.2. The number of rotatable bonds is 7. The van der Waals surface area contributed by atoms with Crippen molar-refractivity contribution in [3.05, 3.63) is 70.9 Å². The van der Waals surface area contributed by atoms with Crippen LogP contribution in [-0.2, 0) is 15.4 Å². The monoisotopic (exact) mass is 509 g/mol. The van der Waals surface area contributed by atoms with Gasteiger partial charge in [0.25, 0.3) is 5.91 Å². The average Bonchev–Trinajstić information content (AvgIpc) is 3.37. The molecule has 8 nitrogen and oxygen atoms in total. The third-order valence-corrected chi connectivity index (χ3v) is 10.2. The Labute approximate surface area is 214 Å². The largest absolute Gasteiger partial charge is 0.377 e. The number of carbonyl (C=O) groups is 1. The Bertz CT molecular complexity index is 1270. The summed E-state index contributed by atoms with van der Waals surface area (Å²) >= 11 is 0. The molecule has 192 valence electrons. The highest BCUT2D eigenvalue weighted by Gasteiger charge is 2.49. The van der Waals surface area contributed by atoms with Gasteiger partial charge in [0, 0.05) is 56.8 Å². The maximum Gasteiger partial charge on any atom is 0.257 e. The molecular weight excluding hydrogens is 474 g/mol. The SMILES string of the molecule is Cc1ncnc(C)c1C(=O)N1CC2=CN(CCC3(c4ccccc4)CN(S(=O)(=O)C(C)C)C3)CC2C1. The first kappa shape index (κ1) is 24.9. The molecule has 1 atom stereocenters. The number of sulfonamides is 1. The van der Waals surface area contributed by atoms with E-state index in [1.165, 1.54) is 17.5 Å². The van der Waals surface area contributed by atoms with E-state index in [9.17, 15) is 13.2 Å². The van der Waals surface area contributed by atoms with Crippen molar-refractivity contribution in [1.82, 2.24) is 24.1 Å². The predicted octanol–water partition coefficient (Wildman–Crippen LogP) is 2.75. The van der Waals surface area contributed by atoms with Crippen LogP contribution in [0.25, 0.3) is 0 Å². The second-order valence-electron chi connectivity index (χ2n) is 10.8. The molecule has 1 aromatic heterocycles. The third kappa shape index (κ3) is 4.32. The molecule has 1 amide bonds. The van der Waals surface area contributed by atoms with Gasteiger partial charge < -0.3 is 9.80 Å². The fourth-order valence-corrected chi connectivity index (χ4v) is 7.25. The molecule has 3 aliphatic heterocycles. The van der Waals surface area contributed by atoms with Gasteiger partial charge in [-0.3, -0.25) is 4.79 Å². The lowest BCUT2D eigenvalue weighted by Crippen LogP contribution is -2.62. The highest BCUT2D eigenvalue weighted by molar-refractivity contribution is 7.89. The van der Waals surface area contributed by atoms with E-state index in [-0.39, 0.29) is 11.3 Å². The van der Waals surface area contributed by atoms with Crippen molar-refractivity contribution in [3.63, 3.8) is 0 Å². The van der Waals surface area contributed by atoms with Gasteiger partial charge in [-0.2, -0.15) is 4.31 Å². The van der Waals surface area contributed by atoms with Crippen molar-refractivity contribution in [2.45, 2.75) is 44.8 Å². The van der Waals surface area contributed by atoms with Crippen LogP contribution in [0, 0.1) is 19.8 Å². The molecule has 2 fully saturated rings. The molecule has 9 heteroatoms. The molecule has 0 bridgehead atoms. The van der Waals surface area contributed by atoms with Crippen LogP contribution in [0.2, 0.25) is 0 Å². The van der Waals surface area contributed by atoms with E-state index < -0.39 is 15.3 Å². The van der Waals surface area contributed by atoms with E-state index in [1.807, 2.05) is 36.9 Å². The molecular formula is C27H35N5O3S. The van der Waals surface area contributed by atoms with Gasteiger partial charge in [0.15, 0.2) is 0 Å². The molecule has 3 aliphatic rings. The first-order chi connectivity index (χ1) is 17.1. The molecule has 2 aromatic rings. The lowest BCUT2D eigenvalue weighted by atomic mass is 9.72. The summed E-state index contributed by atoms with van der Waals surface area (Å²) in [5.74, 6) is 0.350. The summed E-state index contributed by atoms with van der Waals surface area (Å²) in [7, 11) is -3.25. The normalized spacial score (nSPS) is 21.5. The smallest absolute Gasteiger partial charge is 0.257 e. The molecule has 5 rings (SSSR count). The predicted molar refractivity (Wildman–Crippen MR) is 139 cm³/mol. The van der Waals surface area contributed by atoms with Crippen molar-refractivity contribution in [2.75, 3.05) is 39.3 Å². The van der Waals surface area contributed by atoms with Crippen LogP contribution in [0.3, 0.4) is 0 Å². The van der Waals surface area contributed by atoms with E-state index in [1.54, 1.807) is 18.2 Å². The summed E-state index contributed by atoms with van der Waals surface area (Å²) in [6.07, 6.45) is 4.61. The number of likely N-dealkylation sites (tertiary alicyclic amines) is 1. The summed E-state index contributed by atoms with van der Waals surface area (Å²) in [6, 6.07) is 10.3. The van der Waals surface area contributed by atoms with Crippen LogP contribution in [0.5, 0.6) is 0 Å². The second-order valence-corrected chi connectivity index (χ2v) is 13.2. The Balaban J connectivity index is 1.25. The molecule has 0 aliphatic carbocycles. The highest BCUT2D eigenvalue weighted by Crippen LogP contribution is 2.41. The second kappa shape index (κ2) is 9.27. The number of aromatic nitrogens is 2. The Morgan fingerprint density at radius 2 is 1.75 bits per heavy atom. The van der Waals surface area contributed by atoms with Crippen LogP contribution in [0.4, 0.5) is 0 Å². The van der Waals surface area contributed by atoms with Crippen LogP contribution in [-0.4, -0.2) is 82.9 Å². The zero-order valence-corrected chi connectivity index (χ0v) is 22.3. The molecule has 4 heterocycles. The maximum absolute atomic E-state index is 13.2. The van der Waals surface area contributed by atoms with Gasteiger partial charge in [0.05, 0.1) is 22.2 Å². The minimum Gasteiger partial charge on any atom is -0.377 e. The topological polar surface area (TPSA) is 86.7 Å². The fourth-order valence-electron chi connectivity index (χ4n) is 5.80. The molecule has 0 saturated carbocycles. The minimum atomic E-state index is -3.25. The van der Waals surface area contributed by atoms with Crippen molar-refractivity contribution < 1.29 is 13.2 Å². The van der Waals surface area contributed by atoms with E-state index in [0.29, 0.717) is 37.7 Å². The zero-order valence-electron chi connectivity index (χ0n) is 21.5. The van der Waals surface area contributed by atoms with Crippen LogP contribution in [0.1, 0.15) is 47.6 Å². The van der Waals surface area contributed by atoms with E-state index in [2.05, 4.69) is 33.2 Å². The van der Waals surface area contributed by atoms with E-state index >= 15 is 0 Å². The van der Waals surface area contributed by atoms with Crippen molar-refractivity contribution in [2.24, 2.45) is 5.92 Å². The number of benzene rings is 1. The first-order valence-electron chi connectivity index (χ1n) is 12.7. The Hall–Kier alpha value is -2.78. The Kier molecular flexibility index (Phi) is 6.41. The molecule has 0 N–H and O–H groups in total. The lowest BCUT2D eigenvalue weighted by molar-refractivity contribution is 0.0781. The van der Waals surface area contributed by atoms with Gasteiger partial charge >= 0.3 is 0 Å². The molecule has 36 heavy (non-hydrogen) atoms. The van der Waals surface area contributed by atoms with Gasteiger partial charge in [-0.05, 0) is 45.3 Å². The number of aryl methyl sites for hydroxylation is 2. The fraction of sp³-hybridized carbons (Fsp3) is 0.519. The number of hydrogen-bond donors (Lipinski definition) is 0. The van der Waals surface area contributed by atoms with Gasteiger partial charge in [0.1, 0.15) is 6.33 Å². The summed E-state index contributed by atoms with van der Waals surface area (Å²) in [6.45, 7) is 11.4. The number of carbonyl (C=O) groups excluding carboxylic acids is 1.